The highest BCUT2D eigenvalue weighted by Gasteiger charge is 2.43. The van der Waals surface area contributed by atoms with Gasteiger partial charge < -0.3 is 19.9 Å². The van der Waals surface area contributed by atoms with E-state index in [2.05, 4.69) is 17.0 Å². The van der Waals surface area contributed by atoms with E-state index in [0.717, 1.165) is 12.5 Å². The zero-order valence-corrected chi connectivity index (χ0v) is 14.8. The van der Waals surface area contributed by atoms with Crippen LogP contribution in [0.25, 0.3) is 0 Å². The summed E-state index contributed by atoms with van der Waals surface area (Å²) in [5.74, 6) is -1.51. The quantitative estimate of drug-likeness (QED) is 0.767. The van der Waals surface area contributed by atoms with Gasteiger partial charge >= 0.3 is 12.6 Å². The van der Waals surface area contributed by atoms with Crippen molar-refractivity contribution in [2.45, 2.75) is 51.2 Å². The number of amides is 1. The number of ether oxygens (including phenoxy) is 2. The number of nitrogens with one attached hydrogen (secondary N) is 1. The Hall–Kier alpha value is -2.38. The van der Waals surface area contributed by atoms with Gasteiger partial charge in [0.05, 0.1) is 7.11 Å². The fourth-order valence-corrected chi connectivity index (χ4v) is 3.27. The van der Waals surface area contributed by atoms with Crippen molar-refractivity contribution >= 4 is 11.9 Å². The lowest BCUT2D eigenvalue weighted by Crippen LogP contribution is -2.56. The molecular formula is C18H23F2NO5. The van der Waals surface area contributed by atoms with E-state index in [-0.39, 0.29) is 17.1 Å². The number of aliphatic carboxylic acids is 1. The molecule has 2 N–H and O–H groups in total. The zero-order valence-electron chi connectivity index (χ0n) is 14.8. The van der Waals surface area contributed by atoms with E-state index in [1.54, 1.807) is 0 Å². The maximum atomic E-state index is 12.6. The predicted octanol–water partition coefficient (Wildman–Crippen LogP) is 3.45. The Morgan fingerprint density at radius 3 is 2.46 bits per heavy atom. The normalized spacial score (nSPS) is 22.7. The summed E-state index contributed by atoms with van der Waals surface area (Å²) in [6, 6.07) is 3.82. The van der Waals surface area contributed by atoms with Crippen molar-refractivity contribution in [3.8, 4) is 11.5 Å². The third kappa shape index (κ3) is 4.42. The van der Waals surface area contributed by atoms with Gasteiger partial charge in [0.2, 0.25) is 0 Å². The molecule has 1 saturated carbocycles. The molecule has 1 aromatic carbocycles. The van der Waals surface area contributed by atoms with Crippen molar-refractivity contribution in [2.75, 3.05) is 7.11 Å². The lowest BCUT2D eigenvalue weighted by atomic mass is 9.75. The van der Waals surface area contributed by atoms with Crippen LogP contribution in [0.4, 0.5) is 8.78 Å². The molecule has 0 spiro atoms. The standard InChI is InChI=1S/C18H23F2NO5/c1-3-11-6-8-18(9-7-11,16(23)24)21-15(22)12-4-5-13(25-2)14(10-12)26-17(19)20/h4-5,10-11,17H,3,6-9H2,1-2H3,(H,21,22)(H,23,24). The van der Waals surface area contributed by atoms with Gasteiger partial charge in [-0.2, -0.15) is 8.78 Å². The summed E-state index contributed by atoms with van der Waals surface area (Å²) >= 11 is 0. The third-order valence-electron chi connectivity index (χ3n) is 4.94. The Bertz CT molecular complexity index is 657. The first-order valence-corrected chi connectivity index (χ1v) is 8.50. The van der Waals surface area contributed by atoms with Gasteiger partial charge in [-0.1, -0.05) is 13.3 Å². The monoisotopic (exact) mass is 371 g/mol. The molecule has 0 aliphatic heterocycles. The Labute approximate surface area is 150 Å². The molecule has 1 aromatic rings. The average molecular weight is 371 g/mol. The molecule has 0 heterocycles. The van der Waals surface area contributed by atoms with E-state index in [0.29, 0.717) is 31.6 Å². The molecule has 0 atom stereocenters. The fraction of sp³-hybridized carbons (Fsp3) is 0.556. The van der Waals surface area contributed by atoms with E-state index < -0.39 is 24.0 Å². The second-order valence-electron chi connectivity index (χ2n) is 6.44. The molecular weight excluding hydrogens is 348 g/mol. The molecule has 1 aliphatic rings. The summed E-state index contributed by atoms with van der Waals surface area (Å²) in [7, 11) is 1.29. The van der Waals surface area contributed by atoms with Crippen LogP contribution in [-0.4, -0.2) is 36.2 Å². The second-order valence-corrected chi connectivity index (χ2v) is 6.44. The molecule has 0 aromatic heterocycles. The van der Waals surface area contributed by atoms with Crippen molar-refractivity contribution in [1.29, 1.82) is 0 Å². The van der Waals surface area contributed by atoms with Gasteiger partial charge in [-0.3, -0.25) is 4.79 Å². The Balaban J connectivity index is 2.21. The molecule has 144 valence electrons. The number of carbonyl (C=O) groups is 2. The Morgan fingerprint density at radius 2 is 1.96 bits per heavy atom. The number of halogens is 2. The van der Waals surface area contributed by atoms with Crippen LogP contribution in [0.1, 0.15) is 49.4 Å². The minimum Gasteiger partial charge on any atom is -0.493 e. The van der Waals surface area contributed by atoms with Crippen LogP contribution in [0.15, 0.2) is 18.2 Å². The molecule has 1 aliphatic carbocycles. The van der Waals surface area contributed by atoms with Crippen LogP contribution in [-0.2, 0) is 4.79 Å². The summed E-state index contributed by atoms with van der Waals surface area (Å²) in [5, 5.41) is 12.2. The predicted molar refractivity (Wildman–Crippen MR) is 89.7 cm³/mol. The highest BCUT2D eigenvalue weighted by Crippen LogP contribution is 2.35. The molecule has 0 saturated heterocycles. The van der Waals surface area contributed by atoms with E-state index in [4.69, 9.17) is 4.74 Å². The summed E-state index contributed by atoms with van der Waals surface area (Å²) in [6.07, 6.45) is 3.07. The largest absolute Gasteiger partial charge is 0.493 e. The zero-order chi connectivity index (χ0) is 19.3. The maximum Gasteiger partial charge on any atom is 0.387 e. The van der Waals surface area contributed by atoms with Gasteiger partial charge in [0.15, 0.2) is 11.5 Å². The smallest absolute Gasteiger partial charge is 0.387 e. The molecule has 1 fully saturated rings. The van der Waals surface area contributed by atoms with Gasteiger partial charge in [0.25, 0.3) is 5.91 Å². The van der Waals surface area contributed by atoms with Gasteiger partial charge in [-0.25, -0.2) is 4.79 Å². The minimum absolute atomic E-state index is 0.0275. The lowest BCUT2D eigenvalue weighted by Gasteiger charge is -2.37. The number of carboxylic acid groups (broad SMARTS) is 1. The molecule has 26 heavy (non-hydrogen) atoms. The summed E-state index contributed by atoms with van der Waals surface area (Å²) in [5.41, 5.74) is -1.31. The van der Waals surface area contributed by atoms with Gasteiger partial charge in [-0.15, -0.1) is 0 Å². The first-order valence-electron chi connectivity index (χ1n) is 8.50. The Kier molecular flexibility index (Phi) is 6.39. The molecule has 2 rings (SSSR count). The van der Waals surface area contributed by atoms with Crippen LogP contribution >= 0.6 is 0 Å². The second kappa shape index (κ2) is 8.33. The number of methoxy groups -OCH3 is 1. The van der Waals surface area contributed by atoms with Crippen molar-refractivity contribution in [1.82, 2.24) is 5.32 Å². The first kappa shape index (κ1) is 19.9. The number of alkyl halides is 2. The average Bonchev–Trinajstić information content (AvgIpc) is 2.61. The number of carbonyl (C=O) groups excluding carboxylic acids is 1. The number of carboxylic acids is 1. The first-order chi connectivity index (χ1) is 12.3. The van der Waals surface area contributed by atoms with Crippen LogP contribution < -0.4 is 14.8 Å². The van der Waals surface area contributed by atoms with Crippen LogP contribution in [0.2, 0.25) is 0 Å². The summed E-state index contributed by atoms with van der Waals surface area (Å²) in [6.45, 7) is -1.02. The number of hydrogen-bond acceptors (Lipinski definition) is 4. The molecule has 0 unspecified atom stereocenters. The van der Waals surface area contributed by atoms with Crippen molar-refractivity contribution < 1.29 is 33.0 Å². The van der Waals surface area contributed by atoms with E-state index in [1.807, 2.05) is 0 Å². The number of rotatable bonds is 7. The van der Waals surface area contributed by atoms with Gasteiger partial charge in [-0.05, 0) is 49.8 Å². The maximum absolute atomic E-state index is 12.6. The Morgan fingerprint density at radius 1 is 1.31 bits per heavy atom. The molecule has 8 heteroatoms. The molecule has 6 nitrogen and oxygen atoms in total. The number of hydrogen-bond donors (Lipinski definition) is 2. The SMILES string of the molecule is CCC1CCC(NC(=O)c2ccc(OC)c(OC(F)F)c2)(C(=O)O)CC1. The number of benzene rings is 1. The minimum atomic E-state index is -3.07. The summed E-state index contributed by atoms with van der Waals surface area (Å²) in [4.78, 5) is 24.3. The van der Waals surface area contributed by atoms with E-state index in [1.165, 1.54) is 19.2 Å². The van der Waals surface area contributed by atoms with Crippen LogP contribution in [0.3, 0.4) is 0 Å². The molecule has 1 amide bonds. The topological polar surface area (TPSA) is 84.9 Å². The van der Waals surface area contributed by atoms with Crippen molar-refractivity contribution in [3.63, 3.8) is 0 Å². The van der Waals surface area contributed by atoms with E-state index >= 15 is 0 Å². The summed E-state index contributed by atoms with van der Waals surface area (Å²) < 4.78 is 34.3. The van der Waals surface area contributed by atoms with Gasteiger partial charge in [0.1, 0.15) is 5.54 Å². The van der Waals surface area contributed by atoms with E-state index in [9.17, 15) is 23.5 Å². The van der Waals surface area contributed by atoms with Crippen LogP contribution in [0, 0.1) is 5.92 Å². The highest BCUT2D eigenvalue weighted by molar-refractivity contribution is 5.98. The third-order valence-corrected chi connectivity index (χ3v) is 4.94. The highest BCUT2D eigenvalue weighted by atomic mass is 19.3. The molecule has 0 bridgehead atoms. The van der Waals surface area contributed by atoms with Crippen molar-refractivity contribution in [2.24, 2.45) is 5.92 Å². The van der Waals surface area contributed by atoms with Gasteiger partial charge in [0, 0.05) is 5.56 Å². The van der Waals surface area contributed by atoms with Crippen molar-refractivity contribution in [3.05, 3.63) is 23.8 Å². The van der Waals surface area contributed by atoms with Crippen LogP contribution in [0.5, 0.6) is 11.5 Å². The lowest BCUT2D eigenvalue weighted by molar-refractivity contribution is -0.146. The fourth-order valence-electron chi connectivity index (χ4n) is 3.27. The molecule has 0 radical (unpaired) electrons.